The summed E-state index contributed by atoms with van der Waals surface area (Å²) in [5.74, 6) is -0.480. The lowest BCUT2D eigenvalue weighted by atomic mass is 9.83. The molecule has 3 aromatic carbocycles. The highest BCUT2D eigenvalue weighted by atomic mass is 16.4. The lowest BCUT2D eigenvalue weighted by Gasteiger charge is -2.22. The molecule has 0 radical (unpaired) electrons. The first-order valence-corrected chi connectivity index (χ1v) is 14.6. The van der Waals surface area contributed by atoms with Crippen LogP contribution in [0.25, 0.3) is 0 Å². The average molecular weight is 572 g/mol. The van der Waals surface area contributed by atoms with Gasteiger partial charge in [0.2, 0.25) is 12.2 Å². The third kappa shape index (κ3) is 7.67. The summed E-state index contributed by atoms with van der Waals surface area (Å²) in [4.78, 5) is 16.8. The van der Waals surface area contributed by atoms with Gasteiger partial charge in [-0.2, -0.15) is 4.58 Å². The Labute approximate surface area is 251 Å². The van der Waals surface area contributed by atoms with Crippen molar-refractivity contribution < 1.29 is 24.7 Å². The van der Waals surface area contributed by atoms with E-state index in [2.05, 4.69) is 47.6 Å². The molecule has 0 spiro atoms. The largest absolute Gasteiger partial charge is 0.507 e. The minimum absolute atomic E-state index is 0.0801. The number of phenols is 2. The first-order valence-electron chi connectivity index (χ1n) is 14.6. The molecule has 224 valence electrons. The Hall–Kier alpha value is -3.93. The smallest absolute Gasteiger partial charge is 0.370 e. The summed E-state index contributed by atoms with van der Waals surface area (Å²) in [6.07, 6.45) is 3.33. The van der Waals surface area contributed by atoms with Crippen molar-refractivity contribution in [1.29, 1.82) is 0 Å². The van der Waals surface area contributed by atoms with Crippen molar-refractivity contribution in [1.82, 2.24) is 0 Å². The van der Waals surface area contributed by atoms with Crippen LogP contribution in [-0.2, 0) is 15.6 Å². The van der Waals surface area contributed by atoms with Crippen molar-refractivity contribution in [3.8, 4) is 11.5 Å². The molecule has 0 bridgehead atoms. The number of nitrogens with zero attached hydrogens (tertiary/aromatic N) is 2. The Morgan fingerprint density at radius 1 is 0.810 bits per heavy atom. The van der Waals surface area contributed by atoms with E-state index in [1.54, 1.807) is 17.0 Å². The van der Waals surface area contributed by atoms with Crippen LogP contribution < -0.4 is 0 Å². The summed E-state index contributed by atoms with van der Waals surface area (Å²) in [7, 11) is 0. The fourth-order valence-electron chi connectivity index (χ4n) is 4.77. The zero-order valence-corrected chi connectivity index (χ0v) is 26.8. The molecule has 0 heterocycles. The molecule has 0 aliphatic rings. The highest BCUT2D eigenvalue weighted by Crippen LogP contribution is 2.37. The second-order valence-corrected chi connectivity index (χ2v) is 13.7. The standard InChI is InChI=1S/C36H46N2O4/c1-22(2)28-17-26(35(5,6)7)15-24(33(28)41)19-37-30-13-11-12-14-31(30)38(21-32(39)40)20-25-16-27(36(8,9)10)18-29(23(3)4)34(25)42/h11-20,22-23H,21H2,1-10H3,(H2,37,39,40,41)/p+1. The van der Waals surface area contributed by atoms with E-state index in [0.717, 1.165) is 22.3 Å². The van der Waals surface area contributed by atoms with Crippen molar-refractivity contribution in [2.24, 2.45) is 4.99 Å². The number of aliphatic imine (C=N–C) groups is 1. The van der Waals surface area contributed by atoms with Crippen molar-refractivity contribution in [3.63, 3.8) is 0 Å². The van der Waals surface area contributed by atoms with Gasteiger partial charge < -0.3 is 15.3 Å². The van der Waals surface area contributed by atoms with Gasteiger partial charge in [0.15, 0.2) is 6.21 Å². The third-order valence-electron chi connectivity index (χ3n) is 7.45. The van der Waals surface area contributed by atoms with Gasteiger partial charge in [0.1, 0.15) is 17.2 Å². The van der Waals surface area contributed by atoms with Crippen LogP contribution in [0.15, 0.2) is 53.5 Å². The molecule has 42 heavy (non-hydrogen) atoms. The van der Waals surface area contributed by atoms with E-state index in [1.807, 2.05) is 70.2 Å². The molecular formula is C36H47N2O4+. The number of aliphatic carboxylic acids is 1. The van der Waals surface area contributed by atoms with Crippen LogP contribution in [-0.4, -0.2) is 44.8 Å². The van der Waals surface area contributed by atoms with Crippen molar-refractivity contribution in [2.75, 3.05) is 6.54 Å². The van der Waals surface area contributed by atoms with Gasteiger partial charge in [0, 0.05) is 17.8 Å². The SMILES string of the molecule is CC(C)c1cc(C(C)(C)C)cc(C=Nc2ccccc2[N+](=Cc2cc(C(C)(C)C)cc(C(C)C)c2O)CC(=O)O)c1O. The molecule has 3 aromatic rings. The maximum atomic E-state index is 12.0. The highest BCUT2D eigenvalue weighted by Gasteiger charge is 2.24. The molecule has 0 saturated heterocycles. The number of rotatable bonds is 8. The predicted molar refractivity (Wildman–Crippen MR) is 173 cm³/mol. The van der Waals surface area contributed by atoms with Gasteiger partial charge in [-0.1, -0.05) is 93.5 Å². The van der Waals surface area contributed by atoms with Crippen LogP contribution in [0.3, 0.4) is 0 Å². The molecule has 6 nitrogen and oxygen atoms in total. The molecule has 0 aliphatic heterocycles. The first-order chi connectivity index (χ1) is 19.4. The van der Waals surface area contributed by atoms with E-state index in [9.17, 15) is 20.1 Å². The quantitative estimate of drug-likeness (QED) is 0.187. The van der Waals surface area contributed by atoms with E-state index in [0.29, 0.717) is 22.5 Å². The van der Waals surface area contributed by atoms with Gasteiger partial charge in [0.05, 0.1) is 5.56 Å². The lowest BCUT2D eigenvalue weighted by Crippen LogP contribution is -2.19. The molecule has 0 atom stereocenters. The van der Waals surface area contributed by atoms with Crippen LogP contribution in [0.1, 0.15) is 114 Å². The maximum absolute atomic E-state index is 12.0. The molecule has 0 amide bonds. The lowest BCUT2D eigenvalue weighted by molar-refractivity contribution is -0.424. The summed E-state index contributed by atoms with van der Waals surface area (Å²) < 4.78 is 1.60. The molecule has 0 fully saturated rings. The number of hydrogen-bond donors (Lipinski definition) is 3. The highest BCUT2D eigenvalue weighted by molar-refractivity contribution is 5.88. The number of para-hydroxylation sites is 2. The number of carboxylic acid groups (broad SMARTS) is 1. The average Bonchev–Trinajstić information content (AvgIpc) is 2.87. The van der Waals surface area contributed by atoms with Crippen molar-refractivity contribution in [3.05, 3.63) is 81.9 Å². The topological polar surface area (TPSA) is 93.1 Å². The van der Waals surface area contributed by atoms with Crippen molar-refractivity contribution in [2.45, 2.75) is 91.9 Å². The number of phenolic OH excluding ortho intramolecular Hbond substituents is 2. The molecule has 0 unspecified atom stereocenters. The van der Waals surface area contributed by atoms with E-state index in [4.69, 9.17) is 4.99 Å². The number of benzene rings is 3. The summed E-state index contributed by atoms with van der Waals surface area (Å²) in [6.45, 7) is 20.6. The van der Waals surface area contributed by atoms with Crippen LogP contribution in [0.5, 0.6) is 11.5 Å². The Balaban J connectivity index is 2.23. The van der Waals surface area contributed by atoms with Gasteiger partial charge >= 0.3 is 5.97 Å². The molecule has 3 rings (SSSR count). The molecule has 0 aromatic heterocycles. The molecule has 0 aliphatic carbocycles. The minimum atomic E-state index is -1.02. The third-order valence-corrected chi connectivity index (χ3v) is 7.45. The van der Waals surface area contributed by atoms with Gasteiger partial charge in [0.25, 0.3) is 0 Å². The maximum Gasteiger partial charge on any atom is 0.370 e. The normalized spacial score (nSPS) is 13.0. The predicted octanol–water partition coefficient (Wildman–Crippen LogP) is 8.54. The number of hydrogen-bond acceptors (Lipinski definition) is 4. The minimum Gasteiger partial charge on any atom is -0.507 e. The van der Waals surface area contributed by atoms with Gasteiger partial charge in [-0.25, -0.2) is 9.79 Å². The van der Waals surface area contributed by atoms with Crippen LogP contribution in [0.4, 0.5) is 11.4 Å². The summed E-state index contributed by atoms with van der Waals surface area (Å²) in [5, 5.41) is 32.2. The number of aromatic hydroxyl groups is 2. The fourth-order valence-corrected chi connectivity index (χ4v) is 4.77. The second-order valence-electron chi connectivity index (χ2n) is 13.7. The molecule has 3 N–H and O–H groups in total. The van der Waals surface area contributed by atoms with Crippen LogP contribution in [0.2, 0.25) is 0 Å². The Morgan fingerprint density at radius 2 is 1.29 bits per heavy atom. The first kappa shape index (κ1) is 32.6. The Morgan fingerprint density at radius 3 is 1.76 bits per heavy atom. The van der Waals surface area contributed by atoms with Gasteiger partial charge in [-0.3, -0.25) is 0 Å². The van der Waals surface area contributed by atoms with Crippen LogP contribution in [0, 0.1) is 0 Å². The van der Waals surface area contributed by atoms with Gasteiger partial charge in [-0.05, 0) is 63.1 Å². The summed E-state index contributed by atoms with van der Waals surface area (Å²) in [6, 6.07) is 15.3. The number of carbonyl (C=O) groups is 1. The molecule has 6 heteroatoms. The van der Waals surface area contributed by atoms with Crippen molar-refractivity contribution >= 4 is 29.8 Å². The second kappa shape index (κ2) is 12.5. The van der Waals surface area contributed by atoms with Crippen LogP contribution >= 0.6 is 0 Å². The fraction of sp³-hybridized carbons (Fsp3) is 0.417. The van der Waals surface area contributed by atoms with E-state index >= 15 is 0 Å². The van der Waals surface area contributed by atoms with Gasteiger partial charge in [-0.15, -0.1) is 0 Å². The van der Waals surface area contributed by atoms with E-state index in [1.165, 1.54) is 0 Å². The molecule has 0 saturated carbocycles. The molecular weight excluding hydrogens is 524 g/mol. The van der Waals surface area contributed by atoms with E-state index in [-0.39, 0.29) is 40.7 Å². The zero-order valence-electron chi connectivity index (χ0n) is 26.8. The number of carboxylic acids is 1. The zero-order chi connectivity index (χ0) is 31.6. The summed E-state index contributed by atoms with van der Waals surface area (Å²) in [5.41, 5.74) is 5.77. The Bertz CT molecular complexity index is 1520. The monoisotopic (exact) mass is 571 g/mol. The summed E-state index contributed by atoms with van der Waals surface area (Å²) >= 11 is 0. The Kier molecular flexibility index (Phi) is 9.71. The van der Waals surface area contributed by atoms with E-state index < -0.39 is 5.97 Å².